The number of carbonyl (C=O) groups excluding carboxylic acids is 2. The molecule has 7 nitrogen and oxygen atoms in total. The molecule has 3 rings (SSSR count). The van der Waals surface area contributed by atoms with Crippen LogP contribution in [0.3, 0.4) is 0 Å². The largest absolute Gasteiger partial charge is 0.349 e. The Kier molecular flexibility index (Phi) is 6.56. The van der Waals surface area contributed by atoms with E-state index in [0.717, 1.165) is 22.7 Å². The van der Waals surface area contributed by atoms with E-state index < -0.39 is 11.6 Å². The van der Waals surface area contributed by atoms with Gasteiger partial charge in [-0.15, -0.1) is 5.10 Å². The summed E-state index contributed by atoms with van der Waals surface area (Å²) in [6, 6.07) is 10.5. The number of hydrogen-bond acceptors (Lipinski definition) is 6. The summed E-state index contributed by atoms with van der Waals surface area (Å²) < 4.78 is 3.81. The standard InChI is InChI=1S/C22H25N5O2S/c1-15-5-7-16(8-6-15)13-27(21(29)18-14-30-26-25-18)19(17-9-11-23-12-10-17)20(28)24-22(2,3)4/h5-12,14,19H,13H2,1-4H3,(H,24,28). The molecule has 1 aromatic carbocycles. The Morgan fingerprint density at radius 1 is 1.10 bits per heavy atom. The number of aromatic nitrogens is 3. The number of benzene rings is 1. The summed E-state index contributed by atoms with van der Waals surface area (Å²) in [4.78, 5) is 32.3. The van der Waals surface area contributed by atoms with Crippen molar-refractivity contribution in [3.05, 3.63) is 76.6 Å². The van der Waals surface area contributed by atoms with E-state index in [9.17, 15) is 9.59 Å². The van der Waals surface area contributed by atoms with Crippen LogP contribution in [-0.2, 0) is 11.3 Å². The smallest absolute Gasteiger partial charge is 0.276 e. The lowest BCUT2D eigenvalue weighted by molar-refractivity contribution is -0.127. The number of carbonyl (C=O) groups is 2. The molecule has 8 heteroatoms. The monoisotopic (exact) mass is 423 g/mol. The summed E-state index contributed by atoms with van der Waals surface area (Å²) in [6.45, 7) is 7.98. The van der Waals surface area contributed by atoms with Crippen molar-refractivity contribution in [3.8, 4) is 0 Å². The second-order valence-electron chi connectivity index (χ2n) is 8.13. The molecule has 0 bridgehead atoms. The number of rotatable bonds is 6. The molecule has 2 amide bonds. The highest BCUT2D eigenvalue weighted by Crippen LogP contribution is 2.26. The zero-order valence-corrected chi connectivity index (χ0v) is 18.3. The number of amides is 2. The van der Waals surface area contributed by atoms with Crippen LogP contribution in [0, 0.1) is 6.92 Å². The molecule has 0 saturated heterocycles. The van der Waals surface area contributed by atoms with Gasteiger partial charge in [-0.2, -0.15) is 0 Å². The fraction of sp³-hybridized carbons (Fsp3) is 0.318. The quantitative estimate of drug-likeness (QED) is 0.655. The van der Waals surface area contributed by atoms with Crippen molar-refractivity contribution >= 4 is 23.3 Å². The lowest BCUT2D eigenvalue weighted by Gasteiger charge is -2.33. The molecule has 0 aliphatic heterocycles. The average molecular weight is 424 g/mol. The van der Waals surface area contributed by atoms with Crippen LogP contribution in [0.1, 0.15) is 54.0 Å². The maximum Gasteiger partial charge on any atom is 0.276 e. The molecule has 1 N–H and O–H groups in total. The minimum absolute atomic E-state index is 0.217. The molecular formula is C22H25N5O2S. The minimum Gasteiger partial charge on any atom is -0.349 e. The summed E-state index contributed by atoms with van der Waals surface area (Å²) in [5.74, 6) is -0.618. The third-order valence-electron chi connectivity index (χ3n) is 4.39. The molecule has 156 valence electrons. The van der Waals surface area contributed by atoms with Gasteiger partial charge in [0.15, 0.2) is 5.69 Å². The first-order valence-electron chi connectivity index (χ1n) is 9.60. The van der Waals surface area contributed by atoms with Gasteiger partial charge in [-0.1, -0.05) is 34.3 Å². The Hall–Kier alpha value is -3.13. The van der Waals surface area contributed by atoms with Crippen molar-refractivity contribution in [1.82, 2.24) is 24.8 Å². The molecule has 0 saturated carbocycles. The Labute approximate surface area is 180 Å². The number of pyridine rings is 1. The first-order chi connectivity index (χ1) is 14.2. The van der Waals surface area contributed by atoms with E-state index in [4.69, 9.17) is 0 Å². The molecule has 3 aromatic rings. The van der Waals surface area contributed by atoms with Crippen molar-refractivity contribution in [2.75, 3.05) is 0 Å². The van der Waals surface area contributed by atoms with Gasteiger partial charge < -0.3 is 10.2 Å². The molecule has 2 heterocycles. The second kappa shape index (κ2) is 9.13. The molecule has 0 aliphatic rings. The van der Waals surface area contributed by atoms with Gasteiger partial charge in [-0.25, -0.2) is 0 Å². The summed E-state index contributed by atoms with van der Waals surface area (Å²) in [7, 11) is 0. The number of aryl methyl sites for hydroxylation is 1. The van der Waals surface area contributed by atoms with Crippen LogP contribution in [0.15, 0.2) is 54.2 Å². The van der Waals surface area contributed by atoms with Gasteiger partial charge in [0.05, 0.1) is 0 Å². The molecule has 0 fully saturated rings. The summed E-state index contributed by atoms with van der Waals surface area (Å²) in [5.41, 5.74) is 2.48. The van der Waals surface area contributed by atoms with Crippen molar-refractivity contribution in [1.29, 1.82) is 0 Å². The van der Waals surface area contributed by atoms with Crippen LogP contribution in [0.5, 0.6) is 0 Å². The van der Waals surface area contributed by atoms with Crippen molar-refractivity contribution in [2.24, 2.45) is 0 Å². The Balaban J connectivity index is 2.06. The van der Waals surface area contributed by atoms with Gasteiger partial charge in [-0.3, -0.25) is 14.6 Å². The fourth-order valence-corrected chi connectivity index (χ4v) is 3.46. The average Bonchev–Trinajstić information content (AvgIpc) is 3.23. The summed E-state index contributed by atoms with van der Waals surface area (Å²) in [6.07, 6.45) is 3.23. The van der Waals surface area contributed by atoms with E-state index >= 15 is 0 Å². The first kappa shape index (κ1) is 21.6. The van der Waals surface area contributed by atoms with E-state index in [1.54, 1.807) is 29.9 Å². The highest BCUT2D eigenvalue weighted by molar-refractivity contribution is 7.03. The van der Waals surface area contributed by atoms with E-state index in [-0.39, 0.29) is 24.1 Å². The zero-order chi connectivity index (χ0) is 21.7. The Morgan fingerprint density at radius 2 is 1.77 bits per heavy atom. The minimum atomic E-state index is -0.845. The third-order valence-corrected chi connectivity index (χ3v) is 4.90. The van der Waals surface area contributed by atoms with E-state index in [1.165, 1.54) is 4.90 Å². The molecule has 0 aliphatic carbocycles. The van der Waals surface area contributed by atoms with Gasteiger partial charge in [-0.05, 0) is 62.5 Å². The van der Waals surface area contributed by atoms with Crippen molar-refractivity contribution in [3.63, 3.8) is 0 Å². The van der Waals surface area contributed by atoms with E-state index in [2.05, 4.69) is 19.9 Å². The molecule has 2 aromatic heterocycles. The predicted molar refractivity (Wildman–Crippen MR) is 116 cm³/mol. The number of nitrogens with one attached hydrogen (secondary N) is 1. The molecular weight excluding hydrogens is 398 g/mol. The zero-order valence-electron chi connectivity index (χ0n) is 17.5. The highest BCUT2D eigenvalue weighted by Gasteiger charge is 2.34. The Morgan fingerprint density at radius 3 is 2.33 bits per heavy atom. The van der Waals surface area contributed by atoms with Gasteiger partial charge >= 0.3 is 0 Å². The van der Waals surface area contributed by atoms with Gasteiger partial charge in [0, 0.05) is 29.9 Å². The molecule has 1 unspecified atom stereocenters. The topological polar surface area (TPSA) is 88.1 Å². The normalized spacial score (nSPS) is 12.3. The lowest BCUT2D eigenvalue weighted by Crippen LogP contribution is -2.49. The Bertz CT molecular complexity index is 983. The van der Waals surface area contributed by atoms with Crippen LogP contribution in [-0.4, -0.2) is 36.8 Å². The van der Waals surface area contributed by atoms with Crippen LogP contribution in [0.4, 0.5) is 0 Å². The maximum absolute atomic E-state index is 13.4. The molecule has 0 radical (unpaired) electrons. The first-order valence-corrected chi connectivity index (χ1v) is 10.4. The number of hydrogen-bond donors (Lipinski definition) is 1. The predicted octanol–water partition coefficient (Wildman–Crippen LogP) is 3.54. The highest BCUT2D eigenvalue weighted by atomic mass is 32.1. The van der Waals surface area contributed by atoms with Gasteiger partial charge in [0.1, 0.15) is 6.04 Å². The maximum atomic E-state index is 13.4. The molecule has 30 heavy (non-hydrogen) atoms. The molecule has 1 atom stereocenters. The van der Waals surface area contributed by atoms with Crippen molar-refractivity contribution in [2.45, 2.75) is 45.8 Å². The van der Waals surface area contributed by atoms with Crippen LogP contribution < -0.4 is 5.32 Å². The van der Waals surface area contributed by atoms with Gasteiger partial charge in [0.25, 0.3) is 5.91 Å². The van der Waals surface area contributed by atoms with Crippen LogP contribution >= 0.6 is 11.5 Å². The molecule has 0 spiro atoms. The summed E-state index contributed by atoms with van der Waals surface area (Å²) in [5, 5.41) is 8.54. The lowest BCUT2D eigenvalue weighted by atomic mass is 10.0. The third kappa shape index (κ3) is 5.48. The second-order valence-corrected chi connectivity index (χ2v) is 8.74. The fourth-order valence-electron chi connectivity index (χ4n) is 3.03. The number of nitrogens with zero attached hydrogens (tertiary/aromatic N) is 4. The van der Waals surface area contributed by atoms with E-state index in [1.807, 2.05) is 52.0 Å². The van der Waals surface area contributed by atoms with Gasteiger partial charge in [0.2, 0.25) is 5.91 Å². The SMILES string of the molecule is Cc1ccc(CN(C(=O)c2csnn2)C(C(=O)NC(C)(C)C)c2ccncc2)cc1. The van der Waals surface area contributed by atoms with Crippen LogP contribution in [0.25, 0.3) is 0 Å². The summed E-state index contributed by atoms with van der Waals surface area (Å²) >= 11 is 1.10. The van der Waals surface area contributed by atoms with Crippen molar-refractivity contribution < 1.29 is 9.59 Å². The van der Waals surface area contributed by atoms with Crippen LogP contribution in [0.2, 0.25) is 0 Å². The van der Waals surface area contributed by atoms with E-state index in [0.29, 0.717) is 5.56 Å².